The van der Waals surface area contributed by atoms with Crippen LogP contribution in [0.4, 0.5) is 0 Å². The van der Waals surface area contributed by atoms with Crippen molar-refractivity contribution in [3.8, 4) is 5.75 Å². The van der Waals surface area contributed by atoms with Gasteiger partial charge in [-0.3, -0.25) is 10.2 Å². The van der Waals surface area contributed by atoms with E-state index in [0.29, 0.717) is 31.2 Å². The molecule has 0 aromatic heterocycles. The second kappa shape index (κ2) is 14.3. The second-order valence-corrected chi connectivity index (χ2v) is 9.42. The molecule has 0 spiro atoms. The molecule has 0 bridgehead atoms. The van der Waals surface area contributed by atoms with Gasteiger partial charge in [0.1, 0.15) is 11.9 Å². The van der Waals surface area contributed by atoms with Crippen molar-refractivity contribution in [1.29, 1.82) is 0 Å². The highest BCUT2D eigenvalue weighted by molar-refractivity contribution is 6.00. The Kier molecular flexibility index (Phi) is 10.9. The summed E-state index contributed by atoms with van der Waals surface area (Å²) >= 11 is 0. The van der Waals surface area contributed by atoms with Gasteiger partial charge in [0, 0.05) is 36.5 Å². The number of ether oxygens (including phenoxy) is 2. The van der Waals surface area contributed by atoms with Gasteiger partial charge < -0.3 is 19.5 Å². The van der Waals surface area contributed by atoms with Crippen LogP contribution in [0.15, 0.2) is 58.6 Å². The summed E-state index contributed by atoms with van der Waals surface area (Å²) in [7, 11) is 4.01. The van der Waals surface area contributed by atoms with Crippen molar-refractivity contribution in [1.82, 2.24) is 15.8 Å². The Morgan fingerprint density at radius 3 is 2.63 bits per heavy atom. The fourth-order valence-electron chi connectivity index (χ4n) is 4.16. The normalized spacial score (nSPS) is 18.4. The Labute approximate surface area is 223 Å². The molecule has 1 heterocycles. The predicted molar refractivity (Wildman–Crippen MR) is 146 cm³/mol. The van der Waals surface area contributed by atoms with E-state index >= 15 is 0 Å². The van der Waals surface area contributed by atoms with Gasteiger partial charge in [-0.2, -0.15) is 0 Å². The quantitative estimate of drug-likeness (QED) is 0.108. The number of benzene rings is 2. The standard InChI is InChI=1S/C27H37N7O4/c1-20-27(26(36)32-29-14-6-15-34(2)3,18-22-8-4-5-9-23(22)19-30-33-28)31-25(38-20)21-10-12-24(13-11-21)37-17-7-16-35/h4-5,8-13,20,29,35H,6-7,14-19H2,1-3H3,(H,32,36)/t20-,27-/m0/s1. The maximum absolute atomic E-state index is 13.7. The number of hydrogen-bond donors (Lipinski definition) is 3. The molecular weight excluding hydrogens is 486 g/mol. The van der Waals surface area contributed by atoms with Gasteiger partial charge in [-0.1, -0.05) is 29.4 Å². The van der Waals surface area contributed by atoms with Crippen molar-refractivity contribution in [3.05, 3.63) is 75.7 Å². The van der Waals surface area contributed by atoms with Crippen molar-refractivity contribution >= 4 is 11.8 Å². The van der Waals surface area contributed by atoms with Crippen LogP contribution >= 0.6 is 0 Å². The molecule has 11 heteroatoms. The lowest BCUT2D eigenvalue weighted by atomic mass is 9.84. The largest absolute Gasteiger partial charge is 0.494 e. The minimum atomic E-state index is -1.24. The van der Waals surface area contributed by atoms with E-state index in [1.807, 2.05) is 69.6 Å². The first kappa shape index (κ1) is 28.9. The highest BCUT2D eigenvalue weighted by atomic mass is 16.5. The summed E-state index contributed by atoms with van der Waals surface area (Å²) in [6, 6.07) is 14.9. The molecule has 3 N–H and O–H groups in total. The Balaban J connectivity index is 1.87. The zero-order chi connectivity index (χ0) is 27.4. The lowest BCUT2D eigenvalue weighted by molar-refractivity contribution is -0.129. The molecule has 0 aliphatic carbocycles. The first-order chi connectivity index (χ1) is 18.4. The number of carbonyl (C=O) groups is 1. The van der Waals surface area contributed by atoms with Gasteiger partial charge in [-0.15, -0.1) is 0 Å². The third-order valence-corrected chi connectivity index (χ3v) is 6.32. The van der Waals surface area contributed by atoms with E-state index in [-0.39, 0.29) is 25.5 Å². The van der Waals surface area contributed by atoms with Gasteiger partial charge in [0.05, 0.1) is 13.2 Å². The van der Waals surface area contributed by atoms with E-state index in [1.54, 1.807) is 0 Å². The molecule has 2 aromatic rings. The second-order valence-electron chi connectivity index (χ2n) is 9.42. The smallest absolute Gasteiger partial charge is 0.266 e. The van der Waals surface area contributed by atoms with E-state index in [1.165, 1.54) is 0 Å². The van der Waals surface area contributed by atoms with E-state index in [4.69, 9.17) is 25.1 Å². The molecule has 0 saturated carbocycles. The van der Waals surface area contributed by atoms with E-state index in [2.05, 4.69) is 25.8 Å². The zero-order valence-corrected chi connectivity index (χ0v) is 22.3. The SMILES string of the molecule is C[C@@H]1OC(c2ccc(OCCCO)cc2)=N[C@]1(Cc1ccccc1CN=[N+]=[N-])C(=O)NNCCCN(C)C. The first-order valence-corrected chi connectivity index (χ1v) is 12.8. The summed E-state index contributed by atoms with van der Waals surface area (Å²) in [5.74, 6) is 0.744. The van der Waals surface area contributed by atoms with Crippen molar-refractivity contribution in [2.45, 2.75) is 44.4 Å². The number of aliphatic hydroxyl groups excluding tert-OH is 1. The summed E-state index contributed by atoms with van der Waals surface area (Å²) in [4.78, 5) is 23.5. The Hall–Kier alpha value is -3.63. The van der Waals surface area contributed by atoms with Crippen LogP contribution in [0.3, 0.4) is 0 Å². The van der Waals surface area contributed by atoms with Gasteiger partial charge in [0.25, 0.3) is 5.91 Å². The van der Waals surface area contributed by atoms with Gasteiger partial charge in [0.15, 0.2) is 5.54 Å². The van der Waals surface area contributed by atoms with Gasteiger partial charge in [-0.25, -0.2) is 10.4 Å². The van der Waals surface area contributed by atoms with Crippen molar-refractivity contribution in [2.75, 3.05) is 40.4 Å². The third-order valence-electron chi connectivity index (χ3n) is 6.32. The third kappa shape index (κ3) is 7.69. The Morgan fingerprint density at radius 1 is 1.21 bits per heavy atom. The molecule has 204 valence electrons. The average Bonchev–Trinajstić information content (AvgIpc) is 3.25. The number of hydrazine groups is 1. The number of nitrogens with one attached hydrogen (secondary N) is 2. The topological polar surface area (TPSA) is 144 Å². The summed E-state index contributed by atoms with van der Waals surface area (Å²) in [6.45, 7) is 4.01. The molecular formula is C27H37N7O4. The minimum Gasteiger partial charge on any atom is -0.494 e. The lowest BCUT2D eigenvalue weighted by Gasteiger charge is -2.29. The number of aliphatic hydroxyl groups is 1. The highest BCUT2D eigenvalue weighted by Crippen LogP contribution is 2.33. The van der Waals surface area contributed by atoms with Crippen LogP contribution < -0.4 is 15.6 Å². The number of aliphatic imine (C=N–C) groups is 1. The monoisotopic (exact) mass is 523 g/mol. The number of nitrogens with zero attached hydrogens (tertiary/aromatic N) is 5. The van der Waals surface area contributed by atoms with E-state index in [9.17, 15) is 4.79 Å². The van der Waals surface area contributed by atoms with Crippen LogP contribution in [-0.4, -0.2) is 73.9 Å². The van der Waals surface area contributed by atoms with E-state index in [0.717, 1.165) is 29.7 Å². The number of carbonyl (C=O) groups excluding carboxylic acids is 1. The molecule has 0 unspecified atom stereocenters. The summed E-state index contributed by atoms with van der Waals surface area (Å²) in [5.41, 5.74) is 15.9. The molecule has 0 fully saturated rings. The summed E-state index contributed by atoms with van der Waals surface area (Å²) < 4.78 is 11.8. The lowest BCUT2D eigenvalue weighted by Crippen LogP contribution is -2.56. The molecule has 11 nitrogen and oxygen atoms in total. The Morgan fingerprint density at radius 2 is 1.95 bits per heavy atom. The van der Waals surface area contributed by atoms with Crippen LogP contribution in [0, 0.1) is 0 Å². The highest BCUT2D eigenvalue weighted by Gasteiger charge is 2.50. The summed E-state index contributed by atoms with van der Waals surface area (Å²) in [6.07, 6.45) is 1.12. The Bertz CT molecular complexity index is 1130. The molecule has 1 aliphatic rings. The molecule has 1 aliphatic heterocycles. The first-order valence-electron chi connectivity index (χ1n) is 12.8. The fraction of sp³-hybridized carbons (Fsp3) is 0.481. The van der Waals surface area contributed by atoms with Crippen molar-refractivity contribution in [2.24, 2.45) is 10.1 Å². The van der Waals surface area contributed by atoms with Crippen LogP contribution in [-0.2, 0) is 22.5 Å². The fourth-order valence-corrected chi connectivity index (χ4v) is 4.16. The van der Waals surface area contributed by atoms with Crippen molar-refractivity contribution in [3.63, 3.8) is 0 Å². The molecule has 0 radical (unpaired) electrons. The predicted octanol–water partition coefficient (Wildman–Crippen LogP) is 2.98. The number of rotatable bonds is 15. The maximum Gasteiger partial charge on any atom is 0.266 e. The molecule has 2 atom stereocenters. The van der Waals surface area contributed by atoms with Crippen molar-refractivity contribution < 1.29 is 19.4 Å². The van der Waals surface area contributed by atoms with Crippen LogP contribution in [0.2, 0.25) is 0 Å². The van der Waals surface area contributed by atoms with Crippen LogP contribution in [0.1, 0.15) is 36.5 Å². The average molecular weight is 524 g/mol. The molecule has 3 rings (SSSR count). The zero-order valence-electron chi connectivity index (χ0n) is 22.3. The van der Waals surface area contributed by atoms with Gasteiger partial charge in [-0.05, 0) is 74.9 Å². The number of hydrogen-bond acceptors (Lipinski definition) is 8. The van der Waals surface area contributed by atoms with Crippen LogP contribution in [0.5, 0.6) is 5.75 Å². The molecule has 1 amide bonds. The van der Waals surface area contributed by atoms with Gasteiger partial charge in [0.2, 0.25) is 5.90 Å². The molecule has 0 saturated heterocycles. The molecule has 38 heavy (non-hydrogen) atoms. The number of amides is 1. The van der Waals surface area contributed by atoms with Gasteiger partial charge >= 0.3 is 0 Å². The maximum atomic E-state index is 13.7. The summed E-state index contributed by atoms with van der Waals surface area (Å²) in [5, 5.41) is 12.7. The van der Waals surface area contributed by atoms with Crippen LogP contribution in [0.25, 0.3) is 10.4 Å². The minimum absolute atomic E-state index is 0.0707. The number of azide groups is 1. The van der Waals surface area contributed by atoms with E-state index < -0.39 is 11.6 Å². The molecule has 2 aromatic carbocycles.